The number of hydrogen-bond acceptors (Lipinski definition) is 3. The van der Waals surface area contributed by atoms with E-state index in [2.05, 4.69) is 39.8 Å². The molecule has 1 saturated heterocycles. The molecule has 2 aromatic carbocycles. The maximum absolute atomic E-state index is 11.9. The highest BCUT2D eigenvalue weighted by atomic mass is 16.2. The van der Waals surface area contributed by atoms with Crippen molar-refractivity contribution in [3.63, 3.8) is 0 Å². The van der Waals surface area contributed by atoms with Gasteiger partial charge in [-0.3, -0.25) is 9.59 Å². The molecule has 0 radical (unpaired) electrons. The van der Waals surface area contributed by atoms with Crippen LogP contribution in [-0.4, -0.2) is 38.0 Å². The number of rotatable bonds is 8. The minimum atomic E-state index is -0.562. The lowest BCUT2D eigenvalue weighted by atomic mass is 10.1. The van der Waals surface area contributed by atoms with Crippen LogP contribution in [-0.2, 0) is 22.4 Å². The second-order valence-electron chi connectivity index (χ2n) is 7.92. The fourth-order valence-corrected chi connectivity index (χ4v) is 3.82. The molecule has 3 rings (SSSR count). The van der Waals surface area contributed by atoms with Gasteiger partial charge in [0.05, 0.1) is 0 Å². The molecule has 1 aliphatic rings. The van der Waals surface area contributed by atoms with Gasteiger partial charge in [0.1, 0.15) is 0 Å². The number of benzene rings is 2. The number of aryl methyl sites for hydroxylation is 1. The van der Waals surface area contributed by atoms with Crippen LogP contribution in [0.4, 0.5) is 5.69 Å². The summed E-state index contributed by atoms with van der Waals surface area (Å²) in [6.45, 7) is 3.26. The normalized spacial score (nSPS) is 14.1. The van der Waals surface area contributed by atoms with Gasteiger partial charge in [-0.15, -0.1) is 0 Å². The van der Waals surface area contributed by atoms with Crippen LogP contribution in [0.5, 0.6) is 0 Å². The third-order valence-corrected chi connectivity index (χ3v) is 5.58. The molecular weight excluding hydrogens is 374 g/mol. The van der Waals surface area contributed by atoms with E-state index >= 15 is 0 Å². The Balaban J connectivity index is 1.31. The Kier molecular flexibility index (Phi) is 8.76. The Morgan fingerprint density at radius 1 is 0.700 bits per heavy atom. The third-order valence-electron chi connectivity index (χ3n) is 5.58. The molecule has 2 amide bonds. The number of amides is 2. The highest BCUT2D eigenvalue weighted by molar-refractivity contribution is 6.35. The van der Waals surface area contributed by atoms with Crippen molar-refractivity contribution in [2.75, 3.05) is 31.1 Å². The fourth-order valence-electron chi connectivity index (χ4n) is 3.82. The van der Waals surface area contributed by atoms with E-state index < -0.39 is 11.8 Å². The molecule has 0 bridgehead atoms. The van der Waals surface area contributed by atoms with Crippen molar-refractivity contribution in [2.24, 2.45) is 0 Å². The van der Waals surface area contributed by atoms with Gasteiger partial charge < -0.3 is 15.5 Å². The zero-order chi connectivity index (χ0) is 21.0. The van der Waals surface area contributed by atoms with Crippen LogP contribution in [0, 0.1) is 0 Å². The van der Waals surface area contributed by atoms with Gasteiger partial charge >= 0.3 is 11.8 Å². The molecule has 0 unspecified atom stereocenters. The lowest BCUT2D eigenvalue weighted by molar-refractivity contribution is -0.139. The number of carbonyl (C=O) groups excluding carboxylic acids is 2. The van der Waals surface area contributed by atoms with Crippen molar-refractivity contribution in [2.45, 2.75) is 44.9 Å². The Bertz CT molecular complexity index is 782. The molecule has 0 aromatic heterocycles. The number of nitrogens with one attached hydrogen (secondary N) is 2. The van der Waals surface area contributed by atoms with Crippen LogP contribution >= 0.6 is 0 Å². The smallest absolute Gasteiger partial charge is 0.309 e. The lowest BCUT2D eigenvalue weighted by Gasteiger charge is -2.22. The van der Waals surface area contributed by atoms with Gasteiger partial charge in [0.15, 0.2) is 0 Å². The Labute approximate surface area is 179 Å². The van der Waals surface area contributed by atoms with E-state index in [-0.39, 0.29) is 0 Å². The summed E-state index contributed by atoms with van der Waals surface area (Å²) in [6, 6.07) is 18.7. The van der Waals surface area contributed by atoms with Gasteiger partial charge in [0.2, 0.25) is 0 Å². The molecule has 5 nitrogen and oxygen atoms in total. The van der Waals surface area contributed by atoms with Crippen molar-refractivity contribution < 1.29 is 9.59 Å². The van der Waals surface area contributed by atoms with E-state index in [4.69, 9.17) is 0 Å². The highest BCUT2D eigenvalue weighted by Crippen LogP contribution is 2.20. The van der Waals surface area contributed by atoms with E-state index in [1.54, 1.807) is 0 Å². The topological polar surface area (TPSA) is 61.4 Å². The van der Waals surface area contributed by atoms with Crippen molar-refractivity contribution in [3.05, 3.63) is 65.7 Å². The molecule has 2 N–H and O–H groups in total. The molecule has 1 fully saturated rings. The van der Waals surface area contributed by atoms with Crippen LogP contribution in [0.15, 0.2) is 54.6 Å². The van der Waals surface area contributed by atoms with Crippen LogP contribution in [0.3, 0.4) is 0 Å². The van der Waals surface area contributed by atoms with Crippen LogP contribution in [0.25, 0.3) is 0 Å². The first kappa shape index (κ1) is 21.9. The van der Waals surface area contributed by atoms with Crippen LogP contribution in [0.1, 0.15) is 43.2 Å². The minimum absolute atomic E-state index is 0.458. The van der Waals surface area contributed by atoms with E-state index in [1.165, 1.54) is 36.9 Å². The molecule has 5 heteroatoms. The SMILES string of the molecule is O=C(NCCCc1ccc(N2CCCCCC2)cc1)C(=O)NCCc1ccccc1. The van der Waals surface area contributed by atoms with E-state index in [9.17, 15) is 9.59 Å². The quantitative estimate of drug-likeness (QED) is 0.520. The van der Waals surface area contributed by atoms with Crippen molar-refractivity contribution in [1.82, 2.24) is 10.6 Å². The Morgan fingerprint density at radius 2 is 1.30 bits per heavy atom. The lowest BCUT2D eigenvalue weighted by Crippen LogP contribution is -2.41. The standard InChI is InChI=1S/C25H33N3O2/c29-24(25(30)27-18-16-21-9-4-3-5-10-21)26-17-8-11-22-12-14-23(15-13-22)28-19-6-1-2-7-20-28/h3-5,9-10,12-15H,1-2,6-8,11,16-20H2,(H,26,29)(H,27,30). The average molecular weight is 408 g/mol. The summed E-state index contributed by atoms with van der Waals surface area (Å²) in [5, 5.41) is 5.39. The van der Waals surface area contributed by atoms with E-state index in [0.29, 0.717) is 19.5 Å². The summed E-state index contributed by atoms with van der Waals surface area (Å²) < 4.78 is 0. The van der Waals surface area contributed by atoms with Gasteiger partial charge in [-0.1, -0.05) is 55.3 Å². The van der Waals surface area contributed by atoms with Crippen molar-refractivity contribution in [1.29, 1.82) is 0 Å². The summed E-state index contributed by atoms with van der Waals surface area (Å²) >= 11 is 0. The first-order valence-corrected chi connectivity index (χ1v) is 11.2. The monoisotopic (exact) mass is 407 g/mol. The summed E-state index contributed by atoms with van der Waals surface area (Å²) in [7, 11) is 0. The maximum Gasteiger partial charge on any atom is 0.309 e. The summed E-state index contributed by atoms with van der Waals surface area (Å²) in [5.74, 6) is -1.12. The van der Waals surface area contributed by atoms with Gasteiger partial charge in [0, 0.05) is 31.9 Å². The van der Waals surface area contributed by atoms with Crippen molar-refractivity contribution >= 4 is 17.5 Å². The molecule has 0 spiro atoms. The zero-order valence-electron chi connectivity index (χ0n) is 17.7. The molecule has 1 heterocycles. The first-order valence-electron chi connectivity index (χ1n) is 11.2. The van der Waals surface area contributed by atoms with Gasteiger partial charge in [0.25, 0.3) is 0 Å². The third kappa shape index (κ3) is 7.21. The maximum atomic E-state index is 11.9. The predicted octanol–water partition coefficient (Wildman–Crippen LogP) is 3.47. The predicted molar refractivity (Wildman–Crippen MR) is 122 cm³/mol. The second-order valence-corrected chi connectivity index (χ2v) is 7.92. The van der Waals surface area contributed by atoms with Crippen molar-refractivity contribution in [3.8, 4) is 0 Å². The Hall–Kier alpha value is -2.82. The molecule has 0 saturated carbocycles. The zero-order valence-corrected chi connectivity index (χ0v) is 17.7. The first-order chi connectivity index (χ1) is 14.7. The molecular formula is C25H33N3O2. The molecule has 0 atom stereocenters. The molecule has 2 aromatic rings. The van der Waals surface area contributed by atoms with Crippen LogP contribution < -0.4 is 15.5 Å². The van der Waals surface area contributed by atoms with Crippen LogP contribution in [0.2, 0.25) is 0 Å². The summed E-state index contributed by atoms with van der Waals surface area (Å²) in [5.41, 5.74) is 3.70. The van der Waals surface area contributed by atoms with E-state index in [0.717, 1.165) is 31.5 Å². The second kappa shape index (κ2) is 12.0. The molecule has 30 heavy (non-hydrogen) atoms. The van der Waals surface area contributed by atoms with Gasteiger partial charge in [-0.05, 0) is 55.4 Å². The number of anilines is 1. The number of nitrogens with zero attached hydrogens (tertiary/aromatic N) is 1. The summed E-state index contributed by atoms with van der Waals surface area (Å²) in [6.07, 6.45) is 7.65. The van der Waals surface area contributed by atoms with Gasteiger partial charge in [-0.25, -0.2) is 0 Å². The fraction of sp³-hybridized carbons (Fsp3) is 0.440. The minimum Gasteiger partial charge on any atom is -0.372 e. The number of carbonyl (C=O) groups is 2. The van der Waals surface area contributed by atoms with Gasteiger partial charge in [-0.2, -0.15) is 0 Å². The average Bonchev–Trinajstić information content (AvgIpc) is 3.07. The molecule has 0 aliphatic carbocycles. The molecule has 1 aliphatic heterocycles. The highest BCUT2D eigenvalue weighted by Gasteiger charge is 2.12. The van der Waals surface area contributed by atoms with E-state index in [1.807, 2.05) is 30.3 Å². The Morgan fingerprint density at radius 3 is 1.97 bits per heavy atom. The summed E-state index contributed by atoms with van der Waals surface area (Å²) in [4.78, 5) is 26.3. The molecule has 160 valence electrons. The number of hydrogen-bond donors (Lipinski definition) is 2. The largest absolute Gasteiger partial charge is 0.372 e.